The van der Waals surface area contributed by atoms with Crippen molar-refractivity contribution < 1.29 is 17.9 Å². The zero-order valence-electron chi connectivity index (χ0n) is 10.0. The molecule has 0 aliphatic heterocycles. The summed E-state index contributed by atoms with van der Waals surface area (Å²) in [4.78, 5) is 15.1. The molecule has 0 aromatic carbocycles. The van der Waals surface area contributed by atoms with Gasteiger partial charge in [0.05, 0.1) is 12.7 Å². The van der Waals surface area contributed by atoms with Crippen molar-refractivity contribution in [3.8, 4) is 6.01 Å². The first-order chi connectivity index (χ1) is 9.38. The molecule has 0 aliphatic rings. The van der Waals surface area contributed by atoms with Gasteiger partial charge in [-0.2, -0.15) is 28.1 Å². The molecule has 0 saturated carbocycles. The van der Waals surface area contributed by atoms with Crippen molar-refractivity contribution in [3.63, 3.8) is 0 Å². The number of rotatable bonds is 3. The molecule has 0 spiro atoms. The average Bonchev–Trinajstić information content (AvgIpc) is 2.37. The number of halogens is 3. The van der Waals surface area contributed by atoms with E-state index in [2.05, 4.69) is 19.9 Å². The van der Waals surface area contributed by atoms with Gasteiger partial charge >= 0.3 is 12.2 Å². The van der Waals surface area contributed by atoms with E-state index in [9.17, 15) is 13.2 Å². The smallest absolute Gasteiger partial charge is 0.417 e. The molecule has 10 heteroatoms. The van der Waals surface area contributed by atoms with E-state index in [0.717, 1.165) is 24.0 Å². The van der Waals surface area contributed by atoms with Crippen molar-refractivity contribution >= 4 is 17.7 Å². The Labute approximate surface area is 115 Å². The third-order valence-corrected chi connectivity index (χ3v) is 2.87. The van der Waals surface area contributed by atoms with Crippen LogP contribution in [-0.4, -0.2) is 27.0 Å². The van der Waals surface area contributed by atoms with Crippen LogP contribution in [-0.2, 0) is 6.18 Å². The largest absolute Gasteiger partial charge is 0.467 e. The van der Waals surface area contributed by atoms with Crippen molar-refractivity contribution in [3.05, 3.63) is 23.9 Å². The van der Waals surface area contributed by atoms with Gasteiger partial charge in [-0.25, -0.2) is 4.98 Å². The molecule has 2 aromatic heterocycles. The van der Waals surface area contributed by atoms with E-state index in [1.54, 1.807) is 0 Å². The molecule has 0 amide bonds. The summed E-state index contributed by atoms with van der Waals surface area (Å²) in [5, 5.41) is 0.479. The van der Waals surface area contributed by atoms with Gasteiger partial charge in [0.1, 0.15) is 5.03 Å². The van der Waals surface area contributed by atoms with Gasteiger partial charge in [0.15, 0.2) is 0 Å². The van der Waals surface area contributed by atoms with Crippen molar-refractivity contribution in [2.24, 2.45) is 0 Å². The third-order valence-electron chi connectivity index (χ3n) is 2.05. The Balaban J connectivity index is 2.20. The molecule has 0 atom stereocenters. The fourth-order valence-corrected chi connectivity index (χ4v) is 1.88. The summed E-state index contributed by atoms with van der Waals surface area (Å²) in [6.45, 7) is 0. The summed E-state index contributed by atoms with van der Waals surface area (Å²) in [6.07, 6.45) is -3.68. The molecule has 0 saturated heterocycles. The van der Waals surface area contributed by atoms with Crippen LogP contribution in [0.3, 0.4) is 0 Å². The predicted molar refractivity (Wildman–Crippen MR) is 64.2 cm³/mol. The lowest BCUT2D eigenvalue weighted by Crippen LogP contribution is -2.05. The normalized spacial score (nSPS) is 11.4. The minimum atomic E-state index is -4.42. The average molecular weight is 303 g/mol. The number of anilines is 1. The number of hydrogen-bond acceptors (Lipinski definition) is 7. The van der Waals surface area contributed by atoms with E-state index >= 15 is 0 Å². The molecule has 0 radical (unpaired) electrons. The molecule has 2 N–H and O–H groups in total. The molecule has 6 nitrogen and oxygen atoms in total. The molecule has 2 rings (SSSR count). The highest BCUT2D eigenvalue weighted by Gasteiger charge is 2.30. The summed E-state index contributed by atoms with van der Waals surface area (Å²) in [6, 6.07) is 2.17. The lowest BCUT2D eigenvalue weighted by molar-refractivity contribution is -0.137. The summed E-state index contributed by atoms with van der Waals surface area (Å²) in [5.74, 6) is -0.0498. The number of methoxy groups -OCH3 is 1. The van der Waals surface area contributed by atoms with Gasteiger partial charge in [0.2, 0.25) is 11.1 Å². The van der Waals surface area contributed by atoms with Gasteiger partial charge in [-0.05, 0) is 23.9 Å². The molecular weight excluding hydrogens is 295 g/mol. The van der Waals surface area contributed by atoms with Gasteiger partial charge in [0.25, 0.3) is 0 Å². The van der Waals surface area contributed by atoms with Crippen molar-refractivity contribution in [2.75, 3.05) is 12.8 Å². The molecule has 2 aromatic rings. The van der Waals surface area contributed by atoms with Crippen LogP contribution in [0, 0.1) is 0 Å². The number of ether oxygens (including phenoxy) is 1. The van der Waals surface area contributed by atoms with Crippen LogP contribution in [0.1, 0.15) is 5.56 Å². The third kappa shape index (κ3) is 3.47. The van der Waals surface area contributed by atoms with E-state index in [4.69, 9.17) is 10.5 Å². The predicted octanol–water partition coefficient (Wildman–Crippen LogP) is 2.03. The van der Waals surface area contributed by atoms with Gasteiger partial charge in [-0.3, -0.25) is 0 Å². The van der Waals surface area contributed by atoms with Crippen LogP contribution in [0.25, 0.3) is 0 Å². The van der Waals surface area contributed by atoms with Crippen molar-refractivity contribution in [1.82, 2.24) is 19.9 Å². The molecule has 0 bridgehead atoms. The Bertz CT molecular complexity index is 605. The highest BCUT2D eigenvalue weighted by atomic mass is 32.2. The number of alkyl halides is 3. The molecule has 0 aliphatic carbocycles. The van der Waals surface area contributed by atoms with Crippen LogP contribution in [0.4, 0.5) is 19.1 Å². The summed E-state index contributed by atoms with van der Waals surface area (Å²) in [7, 11) is 1.36. The van der Waals surface area contributed by atoms with Crippen molar-refractivity contribution in [1.29, 1.82) is 0 Å². The summed E-state index contributed by atoms with van der Waals surface area (Å²) >= 11 is 0.950. The molecule has 0 unspecified atom stereocenters. The first kappa shape index (κ1) is 14.3. The molecule has 0 fully saturated rings. The maximum atomic E-state index is 12.4. The maximum Gasteiger partial charge on any atom is 0.417 e. The van der Waals surface area contributed by atoms with Crippen molar-refractivity contribution in [2.45, 2.75) is 16.4 Å². The molecular formula is C10H8F3N5OS. The molecule has 20 heavy (non-hydrogen) atoms. The minimum absolute atomic E-state index is 0.0203. The zero-order valence-corrected chi connectivity index (χ0v) is 10.9. The number of pyridine rings is 1. The lowest BCUT2D eigenvalue weighted by atomic mass is 10.3. The fraction of sp³-hybridized carbons (Fsp3) is 0.200. The zero-order chi connectivity index (χ0) is 14.8. The monoisotopic (exact) mass is 303 g/mol. The Morgan fingerprint density at radius 2 is 1.95 bits per heavy atom. The Hall–Kier alpha value is -2.10. The summed E-state index contributed by atoms with van der Waals surface area (Å²) < 4.78 is 42.0. The fourth-order valence-electron chi connectivity index (χ4n) is 1.19. The number of nitrogen functional groups attached to an aromatic ring is 1. The van der Waals surface area contributed by atoms with Gasteiger partial charge < -0.3 is 10.5 Å². The first-order valence-corrected chi connectivity index (χ1v) is 5.97. The number of aromatic nitrogens is 4. The topological polar surface area (TPSA) is 86.8 Å². The highest BCUT2D eigenvalue weighted by molar-refractivity contribution is 7.99. The van der Waals surface area contributed by atoms with Gasteiger partial charge in [0, 0.05) is 6.20 Å². The second-order valence-electron chi connectivity index (χ2n) is 3.45. The maximum absolute atomic E-state index is 12.4. The van der Waals surface area contributed by atoms with E-state index in [0.29, 0.717) is 5.03 Å². The van der Waals surface area contributed by atoms with Gasteiger partial charge in [-0.15, -0.1) is 0 Å². The molecule has 106 valence electrons. The number of hydrogen-bond donors (Lipinski definition) is 1. The Kier molecular flexibility index (Phi) is 3.93. The first-order valence-electron chi connectivity index (χ1n) is 5.15. The van der Waals surface area contributed by atoms with E-state index in [1.165, 1.54) is 13.2 Å². The Morgan fingerprint density at radius 3 is 2.50 bits per heavy atom. The van der Waals surface area contributed by atoms with Crippen LogP contribution >= 0.6 is 11.8 Å². The quantitative estimate of drug-likeness (QED) is 0.928. The second-order valence-corrected chi connectivity index (χ2v) is 4.44. The van der Waals surface area contributed by atoms with Crippen LogP contribution in [0.2, 0.25) is 0 Å². The minimum Gasteiger partial charge on any atom is -0.467 e. The lowest BCUT2D eigenvalue weighted by Gasteiger charge is -2.06. The number of nitrogens with two attached hydrogens (primary N) is 1. The van der Waals surface area contributed by atoms with Gasteiger partial charge in [-0.1, -0.05) is 0 Å². The Morgan fingerprint density at radius 1 is 1.20 bits per heavy atom. The highest BCUT2D eigenvalue weighted by Crippen LogP contribution is 2.30. The van der Waals surface area contributed by atoms with E-state index < -0.39 is 11.7 Å². The summed E-state index contributed by atoms with van der Waals surface area (Å²) in [5.41, 5.74) is 4.62. The van der Waals surface area contributed by atoms with Crippen LogP contribution < -0.4 is 10.5 Å². The standard InChI is InChI=1S/C10H8F3N5OS/c1-19-8-16-7(14)17-9(18-8)20-6-3-2-5(4-15-6)10(11,12)13/h2-4H,1H3,(H2,14,16,17,18). The SMILES string of the molecule is COc1nc(N)nc(Sc2ccc(C(F)(F)F)cn2)n1. The second kappa shape index (κ2) is 5.49. The van der Waals surface area contributed by atoms with Crippen LogP contribution in [0.15, 0.2) is 28.5 Å². The van der Waals surface area contributed by atoms with Crippen LogP contribution in [0.5, 0.6) is 6.01 Å². The number of nitrogens with zero attached hydrogens (tertiary/aromatic N) is 4. The van der Waals surface area contributed by atoms with E-state index in [1.807, 2.05) is 0 Å². The molecule has 2 heterocycles. The van der Waals surface area contributed by atoms with E-state index in [-0.39, 0.29) is 17.1 Å².